The van der Waals surface area contributed by atoms with Gasteiger partial charge in [-0.1, -0.05) is 0 Å². The molecule has 0 radical (unpaired) electrons. The van der Waals surface area contributed by atoms with Crippen molar-refractivity contribution in [2.75, 3.05) is 26.2 Å². The maximum atomic E-state index is 5.71. The van der Waals surface area contributed by atoms with Crippen LogP contribution in [0.25, 0.3) is 0 Å². The van der Waals surface area contributed by atoms with Crippen LogP contribution in [-0.4, -0.2) is 37.1 Å². The highest BCUT2D eigenvalue weighted by Crippen LogP contribution is 2.18. The van der Waals surface area contributed by atoms with Crippen LogP contribution >= 0.6 is 0 Å². The normalized spacial score (nSPS) is 16.4. The molecule has 1 fully saturated rings. The molecular formula is C14H25N5O. The van der Waals surface area contributed by atoms with Crippen molar-refractivity contribution in [3.05, 3.63) is 24.3 Å². The molecule has 1 aromatic rings. The van der Waals surface area contributed by atoms with Gasteiger partial charge >= 0.3 is 0 Å². The minimum Gasteiger partial charge on any atom is -0.494 e. The number of hydrazine groups is 1. The molecule has 20 heavy (non-hydrogen) atoms. The number of nitrogens with one attached hydrogen (secondary N) is 1. The number of rotatable bonds is 6. The highest BCUT2D eigenvalue weighted by molar-refractivity contribution is 5.80. The molecule has 0 aromatic heterocycles. The first-order valence-electron chi connectivity index (χ1n) is 7.04. The van der Waals surface area contributed by atoms with Crippen LogP contribution in [0.1, 0.15) is 20.7 Å². The first-order valence-corrected chi connectivity index (χ1v) is 7.04. The van der Waals surface area contributed by atoms with Gasteiger partial charge in [-0.05, 0) is 56.6 Å². The Hall–Kier alpha value is -1.79. The van der Waals surface area contributed by atoms with E-state index in [1.165, 1.54) is 25.9 Å². The Morgan fingerprint density at radius 2 is 2.00 bits per heavy atom. The molecular weight excluding hydrogens is 254 g/mol. The summed E-state index contributed by atoms with van der Waals surface area (Å²) in [5.74, 6) is 6.18. The van der Waals surface area contributed by atoms with Gasteiger partial charge in [-0.15, -0.1) is 0 Å². The quantitative estimate of drug-likeness (QED) is 0.239. The van der Waals surface area contributed by atoms with Gasteiger partial charge in [0.15, 0.2) is 0 Å². The van der Waals surface area contributed by atoms with Gasteiger partial charge in [-0.2, -0.15) is 0 Å². The molecule has 1 aliphatic heterocycles. The largest absolute Gasteiger partial charge is 0.494 e. The lowest BCUT2D eigenvalue weighted by Gasteiger charge is -2.14. The number of benzene rings is 1. The number of nitrogens with two attached hydrogens (primary N) is 2. The van der Waals surface area contributed by atoms with E-state index in [2.05, 4.69) is 15.3 Å². The number of hydrogen-bond donors (Lipinski definition) is 3. The summed E-state index contributed by atoms with van der Waals surface area (Å²) in [5.41, 5.74) is 8.51. The summed E-state index contributed by atoms with van der Waals surface area (Å²) in [7, 11) is 0. The monoisotopic (exact) mass is 279 g/mol. The van der Waals surface area contributed by atoms with E-state index in [1.54, 1.807) is 0 Å². The molecule has 0 saturated carbocycles. The van der Waals surface area contributed by atoms with E-state index < -0.39 is 0 Å². The van der Waals surface area contributed by atoms with Gasteiger partial charge in [0, 0.05) is 7.97 Å². The lowest BCUT2D eigenvalue weighted by atomic mass is 10.3. The van der Waals surface area contributed by atoms with Gasteiger partial charge in [-0.25, -0.2) is 10.8 Å². The second-order valence-electron chi connectivity index (χ2n) is 4.89. The maximum Gasteiger partial charge on any atom is 0.208 e. The summed E-state index contributed by atoms with van der Waals surface area (Å²) in [6.07, 6.45) is 3.73. The van der Waals surface area contributed by atoms with Crippen molar-refractivity contribution in [3.63, 3.8) is 0 Å². The standard InChI is InChI=1S/C14H23N5O.H2/c15-14(18-16)17-12-4-6-13(7-5-12)20-11-3-10-19-8-1-2-9-19;/h4-7H,1-3,8-11,16H2,(H3,15,17,18);1H. The second-order valence-corrected chi connectivity index (χ2v) is 4.89. The molecule has 0 bridgehead atoms. The van der Waals surface area contributed by atoms with E-state index in [0.717, 1.165) is 31.0 Å². The van der Waals surface area contributed by atoms with Crippen molar-refractivity contribution in [2.24, 2.45) is 16.6 Å². The Morgan fingerprint density at radius 1 is 1.30 bits per heavy atom. The SMILES string of the molecule is NNC(N)=Nc1ccc(OCCCN2CCCC2)cc1.[HH]. The molecule has 112 valence electrons. The molecule has 1 aromatic carbocycles. The molecule has 1 saturated heterocycles. The first kappa shape index (κ1) is 14.6. The van der Waals surface area contributed by atoms with E-state index in [1.807, 2.05) is 24.3 Å². The highest BCUT2D eigenvalue weighted by Gasteiger charge is 2.10. The zero-order chi connectivity index (χ0) is 14.2. The average molecular weight is 279 g/mol. The van der Waals surface area contributed by atoms with Crippen molar-refractivity contribution in [1.29, 1.82) is 0 Å². The zero-order valence-corrected chi connectivity index (χ0v) is 11.7. The van der Waals surface area contributed by atoms with Crippen molar-refractivity contribution in [1.82, 2.24) is 10.3 Å². The summed E-state index contributed by atoms with van der Waals surface area (Å²) < 4.78 is 5.71. The van der Waals surface area contributed by atoms with Crippen molar-refractivity contribution >= 4 is 11.6 Å². The number of likely N-dealkylation sites (tertiary alicyclic amines) is 1. The Labute approximate surface area is 121 Å². The predicted octanol–water partition coefficient (Wildman–Crippen LogP) is 1.21. The predicted molar refractivity (Wildman–Crippen MR) is 82.9 cm³/mol. The molecule has 0 amide bonds. The Balaban J connectivity index is 0.00000220. The number of nitrogens with zero attached hydrogens (tertiary/aromatic N) is 2. The van der Waals surface area contributed by atoms with Crippen molar-refractivity contribution in [3.8, 4) is 5.75 Å². The Kier molecular flexibility index (Phi) is 5.64. The van der Waals surface area contributed by atoms with E-state index in [9.17, 15) is 0 Å². The van der Waals surface area contributed by atoms with E-state index in [-0.39, 0.29) is 7.39 Å². The zero-order valence-electron chi connectivity index (χ0n) is 11.7. The first-order chi connectivity index (χ1) is 9.78. The van der Waals surface area contributed by atoms with E-state index in [4.69, 9.17) is 16.3 Å². The van der Waals surface area contributed by atoms with Gasteiger partial charge in [0.2, 0.25) is 5.96 Å². The fourth-order valence-electron chi connectivity index (χ4n) is 2.27. The molecule has 6 heteroatoms. The molecule has 6 nitrogen and oxygen atoms in total. The third kappa shape index (κ3) is 4.71. The van der Waals surface area contributed by atoms with Crippen LogP contribution in [0.2, 0.25) is 0 Å². The molecule has 0 atom stereocenters. The van der Waals surface area contributed by atoms with Gasteiger partial charge in [0.25, 0.3) is 0 Å². The van der Waals surface area contributed by atoms with Crippen LogP contribution in [0.5, 0.6) is 5.75 Å². The lowest BCUT2D eigenvalue weighted by molar-refractivity contribution is 0.263. The Bertz CT molecular complexity index is 431. The van der Waals surface area contributed by atoms with Crippen molar-refractivity contribution < 1.29 is 6.16 Å². The van der Waals surface area contributed by atoms with Crippen LogP contribution in [0.4, 0.5) is 5.69 Å². The Morgan fingerprint density at radius 3 is 2.65 bits per heavy atom. The summed E-state index contributed by atoms with van der Waals surface area (Å²) in [6.45, 7) is 4.35. The fraction of sp³-hybridized carbons (Fsp3) is 0.500. The number of hydrogen-bond acceptors (Lipinski definition) is 4. The van der Waals surface area contributed by atoms with Crippen LogP contribution in [0, 0.1) is 0 Å². The van der Waals surface area contributed by atoms with Crippen LogP contribution in [0.3, 0.4) is 0 Å². The molecule has 1 heterocycles. The maximum absolute atomic E-state index is 5.71. The van der Waals surface area contributed by atoms with Gasteiger partial charge in [0.1, 0.15) is 5.75 Å². The second kappa shape index (κ2) is 7.72. The van der Waals surface area contributed by atoms with Crippen molar-refractivity contribution in [2.45, 2.75) is 19.3 Å². The van der Waals surface area contributed by atoms with Gasteiger partial charge < -0.3 is 15.4 Å². The molecule has 0 aliphatic carbocycles. The van der Waals surface area contributed by atoms with Gasteiger partial charge in [0.05, 0.1) is 12.3 Å². The molecule has 2 rings (SSSR count). The molecule has 0 spiro atoms. The molecule has 0 unspecified atom stereocenters. The summed E-state index contributed by atoms with van der Waals surface area (Å²) >= 11 is 0. The summed E-state index contributed by atoms with van der Waals surface area (Å²) in [5, 5.41) is 0. The number of ether oxygens (including phenoxy) is 1. The average Bonchev–Trinajstić information content (AvgIpc) is 2.98. The molecule has 1 aliphatic rings. The summed E-state index contributed by atoms with van der Waals surface area (Å²) in [4.78, 5) is 6.55. The minimum absolute atomic E-state index is 0. The highest BCUT2D eigenvalue weighted by atomic mass is 16.5. The fourth-order valence-corrected chi connectivity index (χ4v) is 2.27. The smallest absolute Gasteiger partial charge is 0.208 e. The van der Waals surface area contributed by atoms with Gasteiger partial charge in [-0.3, -0.25) is 5.43 Å². The topological polar surface area (TPSA) is 88.9 Å². The summed E-state index contributed by atoms with van der Waals surface area (Å²) in [6, 6.07) is 7.47. The minimum atomic E-state index is 0. The number of aliphatic imine (C=N–C) groups is 1. The molecule has 5 N–H and O–H groups in total. The van der Waals surface area contributed by atoms with E-state index in [0.29, 0.717) is 0 Å². The van der Waals surface area contributed by atoms with E-state index >= 15 is 0 Å². The third-order valence-electron chi connectivity index (χ3n) is 3.32. The third-order valence-corrected chi connectivity index (χ3v) is 3.32. The number of guanidine groups is 1. The van der Waals surface area contributed by atoms with Crippen LogP contribution in [0.15, 0.2) is 29.3 Å². The lowest BCUT2D eigenvalue weighted by Crippen LogP contribution is -2.36. The van der Waals surface area contributed by atoms with Crippen LogP contribution < -0.4 is 21.7 Å². The van der Waals surface area contributed by atoms with Crippen LogP contribution in [-0.2, 0) is 0 Å².